The molecule has 0 spiro atoms. The van der Waals surface area contributed by atoms with Crippen molar-refractivity contribution in [1.29, 1.82) is 0 Å². The van der Waals surface area contributed by atoms with E-state index in [2.05, 4.69) is 10.4 Å². The Bertz CT molecular complexity index is 1180. The van der Waals surface area contributed by atoms with Crippen molar-refractivity contribution < 1.29 is 23.1 Å². The van der Waals surface area contributed by atoms with Gasteiger partial charge in [0.1, 0.15) is 5.82 Å². The molecule has 4 rings (SSSR count). The van der Waals surface area contributed by atoms with E-state index in [-0.39, 0.29) is 17.1 Å². The minimum atomic E-state index is -2.91. The Morgan fingerprint density at radius 2 is 1.82 bits per heavy atom. The van der Waals surface area contributed by atoms with Gasteiger partial charge in [-0.05, 0) is 48.0 Å². The average Bonchev–Trinajstić information content (AvgIpc) is 3.17. The molecule has 7 nitrogen and oxygen atoms in total. The molecule has 1 aliphatic rings. The van der Waals surface area contributed by atoms with Crippen LogP contribution in [0.4, 0.5) is 10.1 Å². The zero-order chi connectivity index (χ0) is 24.3. The van der Waals surface area contributed by atoms with Crippen molar-refractivity contribution in [2.75, 3.05) is 18.5 Å². The summed E-state index contributed by atoms with van der Waals surface area (Å²) >= 11 is 0. The summed E-state index contributed by atoms with van der Waals surface area (Å²) in [6.07, 6.45) is 5.05. The summed E-state index contributed by atoms with van der Waals surface area (Å²) in [6.45, 7) is 4.97. The SMILES string of the molecule is Cn1ncc(C=CC(=O)Nc2ccc(C[P]3(O)OCC(C)(C)CO3)cc2)c1-c1ccc(F)cc1. The number of hydrogen-bond donors (Lipinski definition) is 2. The molecule has 0 aliphatic carbocycles. The Kier molecular flexibility index (Phi) is 6.96. The number of nitrogens with one attached hydrogen (secondary N) is 1. The molecule has 9 heteroatoms. The van der Waals surface area contributed by atoms with Crippen molar-refractivity contribution >= 4 is 25.6 Å². The number of halogens is 1. The molecular formula is C25H28FN3O4P. The second-order valence-corrected chi connectivity index (χ2v) is 11.2. The number of hydrogen-bond acceptors (Lipinski definition) is 5. The van der Waals surface area contributed by atoms with Crippen LogP contribution in [0.25, 0.3) is 17.3 Å². The van der Waals surface area contributed by atoms with Crippen LogP contribution in [0.5, 0.6) is 0 Å². The van der Waals surface area contributed by atoms with Crippen LogP contribution in [0.3, 0.4) is 0 Å². The average molecular weight is 484 g/mol. The summed E-state index contributed by atoms with van der Waals surface area (Å²) in [4.78, 5) is 23.1. The predicted molar refractivity (Wildman–Crippen MR) is 131 cm³/mol. The van der Waals surface area contributed by atoms with Gasteiger partial charge >= 0.3 is 0 Å². The quantitative estimate of drug-likeness (QED) is 0.371. The van der Waals surface area contributed by atoms with Crippen molar-refractivity contribution in [1.82, 2.24) is 9.78 Å². The fraction of sp³-hybridized carbons (Fsp3) is 0.280. The van der Waals surface area contributed by atoms with Crippen LogP contribution >= 0.6 is 7.94 Å². The molecule has 1 amide bonds. The fourth-order valence-electron chi connectivity index (χ4n) is 3.53. The lowest BCUT2D eigenvalue weighted by Crippen LogP contribution is -2.31. The molecule has 1 aliphatic heterocycles. The van der Waals surface area contributed by atoms with E-state index < -0.39 is 7.94 Å². The molecule has 1 radical (unpaired) electrons. The normalized spacial score (nSPS) is 17.1. The second kappa shape index (κ2) is 9.76. The maximum absolute atomic E-state index is 13.3. The van der Waals surface area contributed by atoms with E-state index >= 15 is 0 Å². The number of carbonyl (C=O) groups is 1. The Morgan fingerprint density at radius 1 is 1.18 bits per heavy atom. The smallest absolute Gasteiger partial charge is 0.248 e. The number of aromatic nitrogens is 2. The van der Waals surface area contributed by atoms with Gasteiger partial charge in [0.2, 0.25) is 13.9 Å². The van der Waals surface area contributed by atoms with Crippen molar-refractivity contribution in [3.05, 3.63) is 77.7 Å². The van der Waals surface area contributed by atoms with Crippen LogP contribution in [0.2, 0.25) is 0 Å². The van der Waals surface area contributed by atoms with E-state index in [1.165, 1.54) is 18.2 Å². The molecule has 0 bridgehead atoms. The van der Waals surface area contributed by atoms with E-state index in [9.17, 15) is 14.1 Å². The van der Waals surface area contributed by atoms with E-state index in [0.717, 1.165) is 22.4 Å². The lowest BCUT2D eigenvalue weighted by atomic mass is 9.97. The molecule has 34 heavy (non-hydrogen) atoms. The first-order chi connectivity index (χ1) is 16.1. The molecule has 2 N–H and O–H groups in total. The number of benzene rings is 2. The number of nitrogens with zero attached hydrogens (tertiary/aromatic N) is 2. The van der Waals surface area contributed by atoms with Gasteiger partial charge in [0.15, 0.2) is 0 Å². The summed E-state index contributed by atoms with van der Waals surface area (Å²) in [6, 6.07) is 13.3. The van der Waals surface area contributed by atoms with Gasteiger partial charge in [-0.2, -0.15) is 5.10 Å². The monoisotopic (exact) mass is 484 g/mol. The van der Waals surface area contributed by atoms with Crippen molar-refractivity contribution in [2.24, 2.45) is 12.5 Å². The van der Waals surface area contributed by atoms with Crippen molar-refractivity contribution in [3.63, 3.8) is 0 Å². The lowest BCUT2D eigenvalue weighted by molar-refractivity contribution is -0.111. The molecule has 1 aromatic heterocycles. The van der Waals surface area contributed by atoms with Gasteiger partial charge in [0.25, 0.3) is 0 Å². The van der Waals surface area contributed by atoms with E-state index in [0.29, 0.717) is 25.1 Å². The predicted octanol–water partition coefficient (Wildman–Crippen LogP) is 5.21. The van der Waals surface area contributed by atoms with Gasteiger partial charge in [-0.1, -0.05) is 26.0 Å². The zero-order valence-corrected chi connectivity index (χ0v) is 20.3. The third kappa shape index (κ3) is 5.96. The Labute approximate surface area is 198 Å². The maximum atomic E-state index is 13.3. The molecular weight excluding hydrogens is 456 g/mol. The van der Waals surface area contributed by atoms with Gasteiger partial charge < -0.3 is 19.3 Å². The minimum Gasteiger partial charge on any atom is -0.335 e. The van der Waals surface area contributed by atoms with Crippen molar-refractivity contribution in [3.8, 4) is 11.3 Å². The first-order valence-corrected chi connectivity index (χ1v) is 12.6. The van der Waals surface area contributed by atoms with Crippen LogP contribution in [0.1, 0.15) is 25.0 Å². The van der Waals surface area contributed by atoms with E-state index in [1.807, 2.05) is 26.0 Å². The third-order valence-corrected chi connectivity index (χ3v) is 7.25. The molecule has 0 unspecified atom stereocenters. The third-order valence-electron chi connectivity index (χ3n) is 5.42. The molecule has 1 fully saturated rings. The number of rotatable bonds is 6. The van der Waals surface area contributed by atoms with Gasteiger partial charge in [0, 0.05) is 35.4 Å². The highest BCUT2D eigenvalue weighted by atomic mass is 31.2. The Balaban J connectivity index is 1.37. The molecule has 0 saturated carbocycles. The number of carbonyl (C=O) groups excluding carboxylic acids is 1. The van der Waals surface area contributed by atoms with Crippen LogP contribution in [-0.2, 0) is 27.1 Å². The van der Waals surface area contributed by atoms with Crippen molar-refractivity contribution in [2.45, 2.75) is 20.0 Å². The Hall–Kier alpha value is -2.90. The Morgan fingerprint density at radius 3 is 2.47 bits per heavy atom. The summed E-state index contributed by atoms with van der Waals surface area (Å²) in [7, 11) is -1.12. The molecule has 2 heterocycles. The van der Waals surface area contributed by atoms with Gasteiger partial charge in [-0.25, -0.2) is 4.39 Å². The van der Waals surface area contributed by atoms with Crippen LogP contribution in [0.15, 0.2) is 60.8 Å². The number of amides is 1. The van der Waals surface area contributed by atoms with Crippen LogP contribution < -0.4 is 5.32 Å². The maximum Gasteiger partial charge on any atom is 0.248 e. The number of anilines is 1. The van der Waals surface area contributed by atoms with E-state index in [1.54, 1.807) is 48.3 Å². The highest BCUT2D eigenvalue weighted by molar-refractivity contribution is 7.59. The summed E-state index contributed by atoms with van der Waals surface area (Å²) < 4.78 is 26.2. The van der Waals surface area contributed by atoms with E-state index in [4.69, 9.17) is 9.05 Å². The zero-order valence-electron chi connectivity index (χ0n) is 19.4. The highest BCUT2D eigenvalue weighted by Gasteiger charge is 2.38. The van der Waals surface area contributed by atoms with Gasteiger partial charge in [-0.3, -0.25) is 9.48 Å². The summed E-state index contributed by atoms with van der Waals surface area (Å²) in [5.74, 6) is -0.610. The van der Waals surface area contributed by atoms with Gasteiger partial charge in [-0.15, -0.1) is 0 Å². The lowest BCUT2D eigenvalue weighted by Gasteiger charge is -2.40. The van der Waals surface area contributed by atoms with Crippen LogP contribution in [-0.4, -0.2) is 33.8 Å². The summed E-state index contributed by atoms with van der Waals surface area (Å²) in [5.41, 5.74) is 3.71. The molecule has 0 atom stereocenters. The first-order valence-electron chi connectivity index (χ1n) is 10.9. The number of aryl methyl sites for hydroxylation is 1. The van der Waals surface area contributed by atoms with Gasteiger partial charge in [0.05, 0.1) is 31.3 Å². The fourth-order valence-corrected chi connectivity index (χ4v) is 5.56. The van der Waals surface area contributed by atoms with Crippen LogP contribution in [0, 0.1) is 11.2 Å². The molecule has 3 aromatic rings. The first kappa shape index (κ1) is 24.2. The molecule has 1 saturated heterocycles. The molecule has 179 valence electrons. The summed E-state index contributed by atoms with van der Waals surface area (Å²) in [5, 5.41) is 7.07. The second-order valence-electron chi connectivity index (χ2n) is 9.11. The highest BCUT2D eigenvalue weighted by Crippen LogP contribution is 2.63. The molecule has 2 aromatic carbocycles. The largest absolute Gasteiger partial charge is 0.335 e. The topological polar surface area (TPSA) is 85.6 Å². The standard InChI is InChI=1S/C25H28FN3O4P/c1-25(2)16-32-34(31,33-17-25)15-18-4-11-22(12-5-18)28-23(30)13-8-20-14-27-29(3)24(20)19-6-9-21(26)10-7-19/h4-14,31H,15-17H2,1-3H3,(H,28,30). The minimum absolute atomic E-state index is 0.108.